The first kappa shape index (κ1) is 30.9. The molecule has 10 heteroatoms. The number of fused-ring (bicyclic) bond motifs is 3. The van der Waals surface area contributed by atoms with Crippen molar-refractivity contribution in [2.45, 2.75) is 66.0 Å². The molecule has 1 unspecified atom stereocenters. The number of benzene rings is 2. The van der Waals surface area contributed by atoms with Gasteiger partial charge < -0.3 is 15.1 Å². The van der Waals surface area contributed by atoms with Crippen molar-refractivity contribution < 1.29 is 4.79 Å². The van der Waals surface area contributed by atoms with Crippen molar-refractivity contribution in [3.63, 3.8) is 0 Å². The first-order chi connectivity index (χ1) is 21.0. The van der Waals surface area contributed by atoms with E-state index in [0.29, 0.717) is 63.6 Å². The van der Waals surface area contributed by atoms with Gasteiger partial charge in [0.25, 0.3) is 5.56 Å². The minimum Gasteiger partial charge on any atom is -0.341 e. The second-order valence-electron chi connectivity index (χ2n) is 13.4. The summed E-state index contributed by atoms with van der Waals surface area (Å²) in [6.07, 6.45) is 5.50. The van der Waals surface area contributed by atoms with E-state index in [2.05, 4.69) is 36.0 Å². The van der Waals surface area contributed by atoms with Crippen molar-refractivity contribution in [2.75, 3.05) is 31.5 Å². The van der Waals surface area contributed by atoms with Gasteiger partial charge in [0.05, 0.1) is 23.3 Å². The molecule has 7 rings (SSSR count). The molecular formula is C34H42Cl2N6O2. The number of hydrogen-bond donors (Lipinski definition) is 1. The molecule has 1 N–H and O–H groups in total. The van der Waals surface area contributed by atoms with Gasteiger partial charge in [0, 0.05) is 55.4 Å². The van der Waals surface area contributed by atoms with Crippen molar-refractivity contribution >= 4 is 51.7 Å². The van der Waals surface area contributed by atoms with E-state index in [1.807, 2.05) is 29.2 Å². The smallest absolute Gasteiger partial charge is 0.261 e. The lowest BCUT2D eigenvalue weighted by molar-refractivity contribution is -0.128. The molecule has 3 aromatic rings. The maximum absolute atomic E-state index is 13.4. The molecule has 8 nitrogen and oxygen atoms in total. The van der Waals surface area contributed by atoms with Crippen LogP contribution < -0.4 is 10.9 Å². The van der Waals surface area contributed by atoms with Gasteiger partial charge in [0.2, 0.25) is 5.91 Å². The minimum atomic E-state index is -0.0877. The number of amides is 1. The third-order valence-electron chi connectivity index (χ3n) is 10.6. The maximum Gasteiger partial charge on any atom is 0.261 e. The number of carbonyl (C=O) groups excluding carboxylic acids is 1. The standard InChI is InChI=1S/C34H42Cl2N6O2/c1-21-28-16-24(34(28,3)4)17-30(21)39-33(41-12-5-11-40(14-15-41)22(2)43)38-26-8-9-27-31(19-26)37-20-42(32(27)44)13-10-23-6-7-25(35)18-29(23)36/h6-9,18-21,24,28,30H,5,10-17H2,1-4H3,(H,38,39)/t21-,24-,28+,30?/m0/s1. The molecule has 3 saturated carbocycles. The van der Waals surface area contributed by atoms with Crippen LogP contribution in [0.1, 0.15) is 52.5 Å². The Morgan fingerprint density at radius 2 is 1.84 bits per heavy atom. The molecule has 44 heavy (non-hydrogen) atoms. The SMILES string of the molecule is CC(=O)N1CCCN(/C(=N\C2C[C@@H]3C[C@H]([C@@H]2C)C3(C)C)Nc2ccc3c(=O)n(CCc4ccc(Cl)cc4Cl)cnc3c2)CC1. The van der Waals surface area contributed by atoms with Crippen molar-refractivity contribution in [2.24, 2.45) is 28.2 Å². The average molecular weight is 638 g/mol. The number of aliphatic imine (C=N–C) groups is 1. The molecule has 2 heterocycles. The van der Waals surface area contributed by atoms with Gasteiger partial charge in [0.1, 0.15) is 0 Å². The summed E-state index contributed by atoms with van der Waals surface area (Å²) in [6, 6.07) is 11.4. The number of aromatic nitrogens is 2. The Morgan fingerprint density at radius 3 is 2.57 bits per heavy atom. The predicted octanol–water partition coefficient (Wildman–Crippen LogP) is 6.34. The number of halogens is 2. The largest absolute Gasteiger partial charge is 0.341 e. The third-order valence-corrected chi connectivity index (χ3v) is 11.1. The molecule has 0 radical (unpaired) electrons. The number of carbonyl (C=O) groups is 1. The van der Waals surface area contributed by atoms with Gasteiger partial charge in [-0.1, -0.05) is 50.0 Å². The second-order valence-corrected chi connectivity index (χ2v) is 14.3. The van der Waals surface area contributed by atoms with Gasteiger partial charge in [-0.3, -0.25) is 14.2 Å². The van der Waals surface area contributed by atoms with E-state index < -0.39 is 0 Å². The van der Waals surface area contributed by atoms with Crippen molar-refractivity contribution in [1.82, 2.24) is 19.4 Å². The summed E-state index contributed by atoms with van der Waals surface area (Å²) >= 11 is 12.4. The summed E-state index contributed by atoms with van der Waals surface area (Å²) in [5.41, 5.74) is 2.71. The first-order valence-corrected chi connectivity index (χ1v) is 16.5. The molecule has 234 valence electrons. The summed E-state index contributed by atoms with van der Waals surface area (Å²) in [6.45, 7) is 12.3. The van der Waals surface area contributed by atoms with Crippen LogP contribution in [0.2, 0.25) is 10.0 Å². The maximum atomic E-state index is 13.4. The molecule has 3 aliphatic carbocycles. The molecule has 0 spiro atoms. The zero-order chi connectivity index (χ0) is 31.2. The highest BCUT2D eigenvalue weighted by Gasteiger charge is 2.56. The van der Waals surface area contributed by atoms with Gasteiger partial charge in [-0.25, -0.2) is 9.98 Å². The highest BCUT2D eigenvalue weighted by atomic mass is 35.5. The van der Waals surface area contributed by atoms with Crippen LogP contribution in [0, 0.1) is 23.2 Å². The van der Waals surface area contributed by atoms with Crippen LogP contribution in [0.3, 0.4) is 0 Å². The second kappa shape index (κ2) is 12.4. The van der Waals surface area contributed by atoms with Gasteiger partial charge in [-0.15, -0.1) is 0 Å². The fourth-order valence-electron chi connectivity index (χ4n) is 7.58. The Balaban J connectivity index is 1.24. The van der Waals surface area contributed by atoms with Crippen molar-refractivity contribution in [1.29, 1.82) is 0 Å². The molecule has 4 aliphatic rings. The van der Waals surface area contributed by atoms with Crippen LogP contribution in [0.4, 0.5) is 5.69 Å². The minimum absolute atomic E-state index is 0.0877. The highest BCUT2D eigenvalue weighted by Crippen LogP contribution is 2.61. The Hall–Kier alpha value is -3.10. The quantitative estimate of drug-likeness (QED) is 0.261. The molecule has 1 amide bonds. The molecule has 1 aromatic heterocycles. The van der Waals surface area contributed by atoms with Crippen LogP contribution in [-0.2, 0) is 17.8 Å². The topological polar surface area (TPSA) is 82.8 Å². The van der Waals surface area contributed by atoms with Crippen LogP contribution in [0.5, 0.6) is 0 Å². The Labute approximate surface area is 269 Å². The summed E-state index contributed by atoms with van der Waals surface area (Å²) in [7, 11) is 0. The lowest BCUT2D eigenvalue weighted by Crippen LogP contribution is -2.56. The molecule has 1 aliphatic heterocycles. The zero-order valence-electron chi connectivity index (χ0n) is 26.0. The summed E-state index contributed by atoms with van der Waals surface area (Å²) in [5, 5.41) is 5.36. The Bertz CT molecular complexity index is 1650. The number of nitrogens with zero attached hydrogens (tertiary/aromatic N) is 5. The van der Waals surface area contributed by atoms with Gasteiger partial charge in [0.15, 0.2) is 5.96 Å². The van der Waals surface area contributed by atoms with Gasteiger partial charge in [-0.05, 0) is 84.7 Å². The van der Waals surface area contributed by atoms with E-state index in [-0.39, 0.29) is 17.5 Å². The van der Waals surface area contributed by atoms with E-state index in [0.717, 1.165) is 49.7 Å². The monoisotopic (exact) mass is 636 g/mol. The molecule has 2 bridgehead atoms. The van der Waals surface area contributed by atoms with Crippen LogP contribution in [-0.4, -0.2) is 63.4 Å². The summed E-state index contributed by atoms with van der Waals surface area (Å²) in [5.74, 6) is 2.87. The lowest BCUT2D eigenvalue weighted by atomic mass is 9.45. The van der Waals surface area contributed by atoms with E-state index in [1.165, 1.54) is 6.42 Å². The number of nitrogens with one attached hydrogen (secondary N) is 1. The van der Waals surface area contributed by atoms with Gasteiger partial charge in [-0.2, -0.15) is 0 Å². The first-order valence-electron chi connectivity index (χ1n) is 15.8. The average Bonchev–Trinajstić information content (AvgIpc) is 3.25. The zero-order valence-corrected chi connectivity index (χ0v) is 27.5. The fraction of sp³-hybridized carbons (Fsp3) is 0.529. The molecular weight excluding hydrogens is 595 g/mol. The number of rotatable bonds is 5. The highest BCUT2D eigenvalue weighted by molar-refractivity contribution is 6.35. The van der Waals surface area contributed by atoms with E-state index in [4.69, 9.17) is 28.2 Å². The number of anilines is 1. The summed E-state index contributed by atoms with van der Waals surface area (Å²) < 4.78 is 1.63. The number of aryl methyl sites for hydroxylation is 2. The normalized spacial score (nSPS) is 25.0. The lowest BCUT2D eigenvalue weighted by Gasteiger charge is -2.61. The van der Waals surface area contributed by atoms with Crippen LogP contribution in [0.15, 0.2) is 52.5 Å². The molecule has 1 saturated heterocycles. The number of guanidine groups is 1. The Kier molecular flexibility index (Phi) is 8.68. The fourth-order valence-corrected chi connectivity index (χ4v) is 8.08. The predicted molar refractivity (Wildman–Crippen MR) is 179 cm³/mol. The Morgan fingerprint density at radius 1 is 1.07 bits per heavy atom. The third kappa shape index (κ3) is 6.08. The summed E-state index contributed by atoms with van der Waals surface area (Å²) in [4.78, 5) is 39.7. The molecule has 2 aromatic carbocycles. The van der Waals surface area contributed by atoms with E-state index in [1.54, 1.807) is 30.0 Å². The van der Waals surface area contributed by atoms with Crippen molar-refractivity contribution in [3.8, 4) is 0 Å². The van der Waals surface area contributed by atoms with Crippen LogP contribution >= 0.6 is 23.2 Å². The molecule has 4 fully saturated rings. The van der Waals surface area contributed by atoms with Crippen molar-refractivity contribution in [3.05, 3.63) is 68.7 Å². The van der Waals surface area contributed by atoms with E-state index >= 15 is 0 Å². The van der Waals surface area contributed by atoms with Gasteiger partial charge >= 0.3 is 0 Å². The number of hydrogen-bond acceptors (Lipinski definition) is 4. The van der Waals surface area contributed by atoms with E-state index in [9.17, 15) is 9.59 Å². The molecule has 4 atom stereocenters. The van der Waals surface area contributed by atoms with Crippen LogP contribution in [0.25, 0.3) is 10.9 Å².